The Hall–Kier alpha value is -1.31. The summed E-state index contributed by atoms with van der Waals surface area (Å²) in [5, 5.41) is 0. The number of hydrogen-bond donors (Lipinski definition) is 0. The van der Waals surface area contributed by atoms with Gasteiger partial charge in [-0.3, -0.25) is 4.79 Å². The van der Waals surface area contributed by atoms with Gasteiger partial charge in [-0.15, -0.1) is 0 Å². The minimum atomic E-state index is -0.254. The van der Waals surface area contributed by atoms with Crippen molar-refractivity contribution in [3.05, 3.63) is 35.9 Å². The maximum atomic E-state index is 11.9. The lowest BCUT2D eigenvalue weighted by molar-refractivity contribution is -0.152. The third-order valence-electron chi connectivity index (χ3n) is 3.56. The van der Waals surface area contributed by atoms with Gasteiger partial charge in [-0.1, -0.05) is 43.2 Å². The Bertz CT molecular complexity index is 350. The summed E-state index contributed by atoms with van der Waals surface area (Å²) < 4.78 is 4.97. The lowest BCUT2D eigenvalue weighted by Crippen LogP contribution is -2.31. The summed E-state index contributed by atoms with van der Waals surface area (Å²) in [7, 11) is 1.49. The monoisotopic (exact) mass is 218 g/mol. The first-order valence-electron chi connectivity index (χ1n) is 5.89. The Balaban J connectivity index is 2.18. The fourth-order valence-electron chi connectivity index (χ4n) is 2.71. The molecule has 16 heavy (non-hydrogen) atoms. The molecule has 1 aliphatic carbocycles. The second kappa shape index (κ2) is 4.69. The molecule has 2 heteroatoms. The van der Waals surface area contributed by atoms with E-state index in [0.29, 0.717) is 0 Å². The predicted octanol–water partition coefficient (Wildman–Crippen LogP) is 2.96. The fourth-order valence-corrected chi connectivity index (χ4v) is 2.71. The van der Waals surface area contributed by atoms with Crippen LogP contribution in [0.4, 0.5) is 0 Å². The van der Waals surface area contributed by atoms with Crippen molar-refractivity contribution in [1.82, 2.24) is 0 Å². The smallest absolute Gasteiger partial charge is 0.312 e. The number of methoxy groups -OCH3 is 1. The third-order valence-corrected chi connectivity index (χ3v) is 3.56. The minimum Gasteiger partial charge on any atom is -0.469 e. The van der Waals surface area contributed by atoms with Gasteiger partial charge in [-0.25, -0.2) is 0 Å². The lowest BCUT2D eigenvalue weighted by atomic mass is 9.80. The maximum Gasteiger partial charge on any atom is 0.312 e. The zero-order chi connectivity index (χ0) is 11.4. The van der Waals surface area contributed by atoms with Gasteiger partial charge >= 0.3 is 5.97 Å². The molecule has 2 nitrogen and oxygen atoms in total. The zero-order valence-corrected chi connectivity index (χ0v) is 9.74. The Kier molecular flexibility index (Phi) is 3.28. The molecule has 0 aromatic heterocycles. The van der Waals surface area contributed by atoms with Crippen LogP contribution in [-0.2, 0) is 16.0 Å². The first kappa shape index (κ1) is 11.2. The van der Waals surface area contributed by atoms with Crippen LogP contribution < -0.4 is 0 Å². The van der Waals surface area contributed by atoms with Crippen molar-refractivity contribution in [2.45, 2.75) is 32.1 Å². The SMILES string of the molecule is COC(=O)C1(Cc2ccccc2)CCCC1. The highest BCUT2D eigenvalue weighted by molar-refractivity contribution is 5.77. The van der Waals surface area contributed by atoms with E-state index in [9.17, 15) is 4.79 Å². The quantitative estimate of drug-likeness (QED) is 0.729. The van der Waals surface area contributed by atoms with Crippen LogP contribution in [0.1, 0.15) is 31.2 Å². The van der Waals surface area contributed by atoms with E-state index in [1.807, 2.05) is 18.2 Å². The predicted molar refractivity (Wildman–Crippen MR) is 63.1 cm³/mol. The van der Waals surface area contributed by atoms with Gasteiger partial charge in [0.05, 0.1) is 12.5 Å². The summed E-state index contributed by atoms with van der Waals surface area (Å²) in [6, 6.07) is 10.2. The Labute approximate surface area is 96.6 Å². The van der Waals surface area contributed by atoms with E-state index >= 15 is 0 Å². The van der Waals surface area contributed by atoms with Gasteiger partial charge in [0.15, 0.2) is 0 Å². The number of hydrogen-bond acceptors (Lipinski definition) is 2. The van der Waals surface area contributed by atoms with Crippen molar-refractivity contribution in [2.24, 2.45) is 5.41 Å². The Morgan fingerprint density at radius 3 is 2.44 bits per heavy atom. The van der Waals surface area contributed by atoms with Gasteiger partial charge in [-0.2, -0.15) is 0 Å². The molecule has 0 saturated heterocycles. The van der Waals surface area contributed by atoms with Crippen LogP contribution in [-0.4, -0.2) is 13.1 Å². The molecule has 0 N–H and O–H groups in total. The van der Waals surface area contributed by atoms with E-state index in [-0.39, 0.29) is 11.4 Å². The van der Waals surface area contributed by atoms with Gasteiger partial charge in [0.1, 0.15) is 0 Å². The third kappa shape index (κ3) is 2.11. The molecule has 0 heterocycles. The molecule has 1 fully saturated rings. The first-order valence-corrected chi connectivity index (χ1v) is 5.89. The van der Waals surface area contributed by atoms with Gasteiger partial charge in [0.2, 0.25) is 0 Å². The minimum absolute atomic E-state index is 0.0335. The molecule has 0 aliphatic heterocycles. The summed E-state index contributed by atoms with van der Waals surface area (Å²) in [5.41, 5.74) is 0.977. The van der Waals surface area contributed by atoms with E-state index in [1.165, 1.54) is 12.7 Å². The van der Waals surface area contributed by atoms with E-state index in [2.05, 4.69) is 12.1 Å². The van der Waals surface area contributed by atoms with Crippen LogP contribution in [0.5, 0.6) is 0 Å². The van der Waals surface area contributed by atoms with Crippen LogP contribution in [0.15, 0.2) is 30.3 Å². The fraction of sp³-hybridized carbons (Fsp3) is 0.500. The van der Waals surface area contributed by atoms with E-state index < -0.39 is 0 Å². The van der Waals surface area contributed by atoms with Gasteiger partial charge in [0, 0.05) is 0 Å². The van der Waals surface area contributed by atoms with Crippen LogP contribution in [0.2, 0.25) is 0 Å². The van der Waals surface area contributed by atoms with Crippen LogP contribution in [0, 0.1) is 5.41 Å². The van der Waals surface area contributed by atoms with Crippen LogP contribution in [0.3, 0.4) is 0 Å². The van der Waals surface area contributed by atoms with E-state index in [0.717, 1.165) is 32.1 Å². The summed E-state index contributed by atoms with van der Waals surface area (Å²) in [6.45, 7) is 0. The highest BCUT2D eigenvalue weighted by atomic mass is 16.5. The Morgan fingerprint density at radius 1 is 1.25 bits per heavy atom. The van der Waals surface area contributed by atoms with Crippen molar-refractivity contribution in [3.8, 4) is 0 Å². The highest BCUT2D eigenvalue weighted by Crippen LogP contribution is 2.41. The summed E-state index contributed by atoms with van der Waals surface area (Å²) >= 11 is 0. The average Bonchev–Trinajstić information content (AvgIpc) is 2.79. The summed E-state index contributed by atoms with van der Waals surface area (Å²) in [6.07, 6.45) is 5.04. The van der Waals surface area contributed by atoms with Crippen LogP contribution >= 0.6 is 0 Å². The Morgan fingerprint density at radius 2 is 1.88 bits per heavy atom. The molecule has 0 unspecified atom stereocenters. The highest BCUT2D eigenvalue weighted by Gasteiger charge is 2.41. The molecule has 0 radical (unpaired) electrons. The molecular formula is C14H18O2. The standard InChI is InChI=1S/C14H18O2/c1-16-13(15)14(9-5-6-10-14)11-12-7-3-2-4-8-12/h2-4,7-8H,5-6,9-11H2,1H3. The molecule has 2 rings (SSSR count). The lowest BCUT2D eigenvalue weighted by Gasteiger charge is -2.25. The second-order valence-corrected chi connectivity index (χ2v) is 4.64. The average molecular weight is 218 g/mol. The number of benzene rings is 1. The molecule has 0 atom stereocenters. The molecule has 1 aromatic rings. The number of carbonyl (C=O) groups excluding carboxylic acids is 1. The molecule has 0 spiro atoms. The largest absolute Gasteiger partial charge is 0.469 e. The number of ether oxygens (including phenoxy) is 1. The maximum absolute atomic E-state index is 11.9. The molecule has 0 amide bonds. The number of carbonyl (C=O) groups is 1. The zero-order valence-electron chi connectivity index (χ0n) is 9.74. The molecule has 86 valence electrons. The number of rotatable bonds is 3. The summed E-state index contributed by atoms with van der Waals surface area (Å²) in [5.74, 6) is -0.0335. The van der Waals surface area contributed by atoms with Crippen LogP contribution in [0.25, 0.3) is 0 Å². The topological polar surface area (TPSA) is 26.3 Å². The molecule has 1 aliphatic rings. The van der Waals surface area contributed by atoms with Gasteiger partial charge in [0.25, 0.3) is 0 Å². The van der Waals surface area contributed by atoms with Crippen molar-refractivity contribution < 1.29 is 9.53 Å². The van der Waals surface area contributed by atoms with Crippen molar-refractivity contribution in [2.75, 3.05) is 7.11 Å². The van der Waals surface area contributed by atoms with Gasteiger partial charge < -0.3 is 4.74 Å². The van der Waals surface area contributed by atoms with Crippen molar-refractivity contribution >= 4 is 5.97 Å². The second-order valence-electron chi connectivity index (χ2n) is 4.64. The van der Waals surface area contributed by atoms with E-state index in [1.54, 1.807) is 0 Å². The number of esters is 1. The molecule has 1 aromatic carbocycles. The summed E-state index contributed by atoms with van der Waals surface area (Å²) in [4.78, 5) is 11.9. The van der Waals surface area contributed by atoms with Crippen molar-refractivity contribution in [1.29, 1.82) is 0 Å². The van der Waals surface area contributed by atoms with Crippen molar-refractivity contribution in [3.63, 3.8) is 0 Å². The molecule has 1 saturated carbocycles. The van der Waals surface area contributed by atoms with E-state index in [4.69, 9.17) is 4.74 Å². The normalized spacial score (nSPS) is 18.3. The molecule has 0 bridgehead atoms. The van der Waals surface area contributed by atoms with Gasteiger partial charge in [-0.05, 0) is 24.8 Å². The first-order chi connectivity index (χ1) is 7.77. The molecular weight excluding hydrogens is 200 g/mol.